The van der Waals surface area contributed by atoms with Crippen LogP contribution in [0.2, 0.25) is 0 Å². The van der Waals surface area contributed by atoms with Gasteiger partial charge in [-0.2, -0.15) is 0 Å². The molecule has 1 unspecified atom stereocenters. The number of nitrogens with two attached hydrogens (primary N) is 1. The number of nitrogens with zero attached hydrogens (tertiary/aromatic N) is 1. The lowest BCUT2D eigenvalue weighted by Crippen LogP contribution is -2.41. The molecular formula is C14H17BrN2O2. The fraction of sp³-hybridized carbons (Fsp3) is 0.429. The van der Waals surface area contributed by atoms with Crippen molar-refractivity contribution in [3.05, 3.63) is 28.2 Å². The highest BCUT2D eigenvalue weighted by atomic mass is 79.9. The summed E-state index contributed by atoms with van der Waals surface area (Å²) >= 11 is 3.42. The zero-order valence-corrected chi connectivity index (χ0v) is 12.4. The first-order chi connectivity index (χ1) is 8.99. The predicted molar refractivity (Wildman–Crippen MR) is 78.3 cm³/mol. The third-order valence-electron chi connectivity index (χ3n) is 3.52. The Bertz CT molecular complexity index is 516. The Balaban J connectivity index is 2.20. The summed E-state index contributed by atoms with van der Waals surface area (Å²) in [5.74, 6) is -0.281. The fourth-order valence-corrected chi connectivity index (χ4v) is 3.08. The van der Waals surface area contributed by atoms with E-state index in [4.69, 9.17) is 5.73 Å². The van der Waals surface area contributed by atoms with Crippen LogP contribution in [0.25, 0.3) is 0 Å². The monoisotopic (exact) mass is 324 g/mol. The number of primary amides is 1. The summed E-state index contributed by atoms with van der Waals surface area (Å²) in [6.45, 7) is 3.11. The van der Waals surface area contributed by atoms with E-state index in [1.807, 2.05) is 18.2 Å². The molecule has 0 radical (unpaired) electrons. The second-order valence-corrected chi connectivity index (χ2v) is 5.76. The molecule has 1 heterocycles. The van der Waals surface area contributed by atoms with Crippen LogP contribution < -0.4 is 10.6 Å². The SMILES string of the molecule is CC(=O)c1ccc(N2CCCC(C(N)=O)C2)cc1Br. The molecule has 1 fully saturated rings. The Hall–Kier alpha value is -1.36. The lowest BCUT2D eigenvalue weighted by Gasteiger charge is -2.33. The lowest BCUT2D eigenvalue weighted by atomic mass is 9.97. The molecule has 1 amide bonds. The van der Waals surface area contributed by atoms with Gasteiger partial charge in [-0.3, -0.25) is 9.59 Å². The third-order valence-corrected chi connectivity index (χ3v) is 4.18. The minimum atomic E-state index is -0.232. The minimum absolute atomic E-state index is 0.0343. The van der Waals surface area contributed by atoms with Crippen LogP contribution in [-0.2, 0) is 4.79 Å². The summed E-state index contributed by atoms with van der Waals surface area (Å²) < 4.78 is 0.790. The summed E-state index contributed by atoms with van der Waals surface area (Å²) in [4.78, 5) is 24.8. The van der Waals surface area contributed by atoms with Crippen molar-refractivity contribution in [1.82, 2.24) is 0 Å². The van der Waals surface area contributed by atoms with E-state index in [0.717, 1.165) is 29.5 Å². The molecule has 1 atom stereocenters. The number of carbonyl (C=O) groups is 2. The maximum absolute atomic E-state index is 11.4. The summed E-state index contributed by atoms with van der Waals surface area (Å²) in [5, 5.41) is 0. The van der Waals surface area contributed by atoms with Crippen LogP contribution in [0, 0.1) is 5.92 Å². The highest BCUT2D eigenvalue weighted by Gasteiger charge is 2.24. The maximum Gasteiger partial charge on any atom is 0.222 e. The van der Waals surface area contributed by atoms with Crippen molar-refractivity contribution >= 4 is 33.3 Å². The number of benzene rings is 1. The van der Waals surface area contributed by atoms with E-state index < -0.39 is 0 Å². The average molecular weight is 325 g/mol. The number of Topliss-reactive ketones (excluding diaryl/α,β-unsaturated/α-hetero) is 1. The van der Waals surface area contributed by atoms with Crippen LogP contribution >= 0.6 is 15.9 Å². The highest BCUT2D eigenvalue weighted by molar-refractivity contribution is 9.10. The minimum Gasteiger partial charge on any atom is -0.371 e. The van der Waals surface area contributed by atoms with Gasteiger partial charge in [0, 0.05) is 28.8 Å². The Labute approximate surface area is 121 Å². The molecule has 5 heteroatoms. The van der Waals surface area contributed by atoms with Gasteiger partial charge in [-0.05, 0) is 53.9 Å². The molecule has 2 rings (SSSR count). The van der Waals surface area contributed by atoms with Crippen molar-refractivity contribution < 1.29 is 9.59 Å². The van der Waals surface area contributed by atoms with Gasteiger partial charge in [-0.25, -0.2) is 0 Å². The van der Waals surface area contributed by atoms with Crippen LogP contribution in [0.15, 0.2) is 22.7 Å². The number of piperidine rings is 1. The van der Waals surface area contributed by atoms with E-state index in [-0.39, 0.29) is 17.6 Å². The summed E-state index contributed by atoms with van der Waals surface area (Å²) in [6, 6.07) is 5.67. The van der Waals surface area contributed by atoms with Crippen LogP contribution in [0.3, 0.4) is 0 Å². The second kappa shape index (κ2) is 5.74. The standard InChI is InChI=1S/C14H17BrN2O2/c1-9(18)12-5-4-11(7-13(12)15)17-6-2-3-10(8-17)14(16)19/h4-5,7,10H,2-3,6,8H2,1H3,(H2,16,19). The van der Waals surface area contributed by atoms with Gasteiger partial charge in [-0.15, -0.1) is 0 Å². The lowest BCUT2D eigenvalue weighted by molar-refractivity contribution is -0.122. The van der Waals surface area contributed by atoms with Crippen LogP contribution in [0.5, 0.6) is 0 Å². The highest BCUT2D eigenvalue weighted by Crippen LogP contribution is 2.28. The Morgan fingerprint density at radius 3 is 2.74 bits per heavy atom. The van der Waals surface area contributed by atoms with E-state index in [1.54, 1.807) is 6.92 Å². The number of anilines is 1. The molecule has 1 aromatic rings. The summed E-state index contributed by atoms with van der Waals surface area (Å²) in [5.41, 5.74) is 7.07. The molecule has 0 bridgehead atoms. The maximum atomic E-state index is 11.4. The quantitative estimate of drug-likeness (QED) is 0.868. The first kappa shape index (κ1) is 14.1. The van der Waals surface area contributed by atoms with E-state index in [2.05, 4.69) is 20.8 Å². The largest absolute Gasteiger partial charge is 0.371 e. The van der Waals surface area contributed by atoms with Crippen LogP contribution in [0.4, 0.5) is 5.69 Å². The molecule has 0 aliphatic carbocycles. The van der Waals surface area contributed by atoms with Gasteiger partial charge in [0.15, 0.2) is 5.78 Å². The fourth-order valence-electron chi connectivity index (χ4n) is 2.43. The molecule has 0 saturated carbocycles. The number of ketones is 1. The normalized spacial score (nSPS) is 19.3. The van der Waals surface area contributed by atoms with Crippen LogP contribution in [-0.4, -0.2) is 24.8 Å². The van der Waals surface area contributed by atoms with Gasteiger partial charge in [0.1, 0.15) is 0 Å². The number of carbonyl (C=O) groups excluding carboxylic acids is 2. The van der Waals surface area contributed by atoms with Crippen molar-refractivity contribution in [1.29, 1.82) is 0 Å². The molecular weight excluding hydrogens is 308 g/mol. The molecule has 0 spiro atoms. The van der Waals surface area contributed by atoms with E-state index in [1.165, 1.54) is 0 Å². The molecule has 1 aliphatic heterocycles. The van der Waals surface area contributed by atoms with Crippen molar-refractivity contribution in [2.75, 3.05) is 18.0 Å². The summed E-state index contributed by atoms with van der Waals surface area (Å²) in [6.07, 6.45) is 1.82. The molecule has 1 aliphatic rings. The molecule has 102 valence electrons. The molecule has 0 aromatic heterocycles. The van der Waals surface area contributed by atoms with Crippen LogP contribution in [0.1, 0.15) is 30.1 Å². The zero-order chi connectivity index (χ0) is 14.0. The number of hydrogen-bond acceptors (Lipinski definition) is 3. The zero-order valence-electron chi connectivity index (χ0n) is 10.9. The first-order valence-corrected chi connectivity index (χ1v) is 7.13. The molecule has 1 aromatic carbocycles. The van der Waals surface area contributed by atoms with E-state index >= 15 is 0 Å². The Morgan fingerprint density at radius 1 is 1.42 bits per heavy atom. The number of hydrogen-bond donors (Lipinski definition) is 1. The van der Waals surface area contributed by atoms with Gasteiger partial charge in [-0.1, -0.05) is 0 Å². The van der Waals surface area contributed by atoms with Crippen molar-refractivity contribution in [2.45, 2.75) is 19.8 Å². The van der Waals surface area contributed by atoms with Gasteiger partial charge in [0.25, 0.3) is 0 Å². The third kappa shape index (κ3) is 3.15. The van der Waals surface area contributed by atoms with E-state index in [0.29, 0.717) is 12.1 Å². The van der Waals surface area contributed by atoms with Gasteiger partial charge < -0.3 is 10.6 Å². The molecule has 1 saturated heterocycles. The number of amides is 1. The van der Waals surface area contributed by atoms with Gasteiger partial charge >= 0.3 is 0 Å². The van der Waals surface area contributed by atoms with E-state index in [9.17, 15) is 9.59 Å². The smallest absolute Gasteiger partial charge is 0.222 e. The molecule has 19 heavy (non-hydrogen) atoms. The molecule has 4 nitrogen and oxygen atoms in total. The number of rotatable bonds is 3. The van der Waals surface area contributed by atoms with Crippen molar-refractivity contribution in [3.63, 3.8) is 0 Å². The van der Waals surface area contributed by atoms with Gasteiger partial charge in [0.05, 0.1) is 5.92 Å². The topological polar surface area (TPSA) is 63.4 Å². The summed E-state index contributed by atoms with van der Waals surface area (Å²) in [7, 11) is 0. The van der Waals surface area contributed by atoms with Gasteiger partial charge in [0.2, 0.25) is 5.91 Å². The average Bonchev–Trinajstić information content (AvgIpc) is 2.38. The molecule has 2 N–H and O–H groups in total. The predicted octanol–water partition coefficient (Wildman–Crippen LogP) is 2.35. The number of halogens is 1. The Kier molecular flexibility index (Phi) is 4.24. The first-order valence-electron chi connectivity index (χ1n) is 6.34. The second-order valence-electron chi connectivity index (χ2n) is 4.91. The van der Waals surface area contributed by atoms with Crippen molar-refractivity contribution in [3.8, 4) is 0 Å². The Morgan fingerprint density at radius 2 is 2.16 bits per heavy atom. The van der Waals surface area contributed by atoms with Crippen molar-refractivity contribution in [2.24, 2.45) is 11.7 Å².